The molecular formula is C26H22ClN7O. The van der Waals surface area contributed by atoms with E-state index in [2.05, 4.69) is 20.4 Å². The summed E-state index contributed by atoms with van der Waals surface area (Å²) >= 11 is 6.75. The third-order valence-corrected chi connectivity index (χ3v) is 6.86. The summed E-state index contributed by atoms with van der Waals surface area (Å²) in [6.07, 6.45) is 3.70. The number of hydrogen-bond donors (Lipinski definition) is 2. The summed E-state index contributed by atoms with van der Waals surface area (Å²) < 4.78 is 1.79. The maximum Gasteiger partial charge on any atom is 0.260 e. The molecule has 2 N–H and O–H groups in total. The van der Waals surface area contributed by atoms with Gasteiger partial charge in [0.15, 0.2) is 5.82 Å². The van der Waals surface area contributed by atoms with E-state index in [1.165, 1.54) is 0 Å². The molecule has 3 aromatic heterocycles. The molecule has 2 aromatic carbocycles. The Kier molecular flexibility index (Phi) is 4.86. The summed E-state index contributed by atoms with van der Waals surface area (Å²) in [7, 11) is 1.89. The summed E-state index contributed by atoms with van der Waals surface area (Å²) in [6.45, 7) is 3.96. The van der Waals surface area contributed by atoms with Crippen molar-refractivity contribution < 1.29 is 4.79 Å². The van der Waals surface area contributed by atoms with E-state index in [9.17, 15) is 4.79 Å². The minimum atomic E-state index is -0.575. The highest BCUT2D eigenvalue weighted by atomic mass is 35.5. The Morgan fingerprint density at radius 2 is 1.91 bits per heavy atom. The zero-order valence-electron chi connectivity index (χ0n) is 19.4. The van der Waals surface area contributed by atoms with Crippen LogP contribution in [0, 0.1) is 13.8 Å². The first kappa shape index (κ1) is 21.4. The lowest BCUT2D eigenvalue weighted by Gasteiger charge is -2.21. The quantitative estimate of drug-likeness (QED) is 0.256. The van der Waals surface area contributed by atoms with E-state index in [0.717, 1.165) is 44.7 Å². The van der Waals surface area contributed by atoms with Crippen LogP contribution in [-0.4, -0.2) is 30.6 Å². The van der Waals surface area contributed by atoms with Gasteiger partial charge in [-0.3, -0.25) is 14.4 Å². The fourth-order valence-corrected chi connectivity index (χ4v) is 4.93. The number of para-hydroxylation sites is 1. The van der Waals surface area contributed by atoms with Crippen LogP contribution < -0.4 is 10.2 Å². The molecule has 5 aromatic rings. The van der Waals surface area contributed by atoms with Crippen LogP contribution in [0.3, 0.4) is 0 Å². The Bertz CT molecular complexity index is 1600. The van der Waals surface area contributed by atoms with Crippen molar-refractivity contribution in [3.63, 3.8) is 0 Å². The Morgan fingerprint density at radius 1 is 1.09 bits per heavy atom. The van der Waals surface area contributed by atoms with Crippen LogP contribution in [0.2, 0.25) is 0 Å². The van der Waals surface area contributed by atoms with Crippen molar-refractivity contribution in [3.8, 4) is 11.3 Å². The average molecular weight is 484 g/mol. The first-order valence-corrected chi connectivity index (χ1v) is 11.6. The predicted molar refractivity (Wildman–Crippen MR) is 137 cm³/mol. The second-order valence-corrected chi connectivity index (χ2v) is 9.06. The third-order valence-electron chi connectivity index (χ3n) is 6.43. The third kappa shape index (κ3) is 3.37. The number of H-pyrrole nitrogens is 1. The average Bonchev–Trinajstić information content (AvgIpc) is 3.50. The number of anilines is 3. The highest BCUT2D eigenvalue weighted by molar-refractivity contribution is 6.30. The number of aryl methyl sites for hydroxylation is 3. The smallest absolute Gasteiger partial charge is 0.260 e. The summed E-state index contributed by atoms with van der Waals surface area (Å²) in [4.78, 5) is 27.4. The van der Waals surface area contributed by atoms with Crippen LogP contribution in [0.4, 0.5) is 17.5 Å². The molecule has 0 fully saturated rings. The Morgan fingerprint density at radius 3 is 2.69 bits per heavy atom. The molecule has 1 unspecified atom stereocenters. The van der Waals surface area contributed by atoms with Gasteiger partial charge in [0, 0.05) is 53.3 Å². The molecule has 8 nitrogen and oxygen atoms in total. The van der Waals surface area contributed by atoms with Gasteiger partial charge < -0.3 is 10.3 Å². The summed E-state index contributed by atoms with van der Waals surface area (Å²) in [5.41, 5.74) is 6.08. The molecular weight excluding hydrogens is 462 g/mol. The van der Waals surface area contributed by atoms with Gasteiger partial charge in [0.05, 0.1) is 16.9 Å². The van der Waals surface area contributed by atoms with Gasteiger partial charge in [-0.05, 0) is 31.5 Å². The maximum atomic E-state index is 13.2. The molecule has 174 valence electrons. The predicted octanol–water partition coefficient (Wildman–Crippen LogP) is 5.62. The molecule has 1 atom stereocenters. The molecule has 0 spiro atoms. The second kappa shape index (κ2) is 7.95. The first-order valence-electron chi connectivity index (χ1n) is 11.2. The number of hydrogen-bond acceptors (Lipinski definition) is 5. The highest BCUT2D eigenvalue weighted by Gasteiger charge is 2.37. The SMILES string of the molecule is Cc1cnc(Nc2cc(C)n(C)n2)nc1-c1c[nH]c2c(N3C(=O)c4ccccc4C3Cl)cccc12. The number of carbonyl (C=O) groups is 1. The Labute approximate surface area is 206 Å². The van der Waals surface area contributed by atoms with Crippen molar-refractivity contribution in [2.24, 2.45) is 7.05 Å². The van der Waals surface area contributed by atoms with Gasteiger partial charge in [-0.2, -0.15) is 5.10 Å². The minimum Gasteiger partial charge on any atom is -0.359 e. The zero-order chi connectivity index (χ0) is 24.3. The molecule has 1 amide bonds. The van der Waals surface area contributed by atoms with Gasteiger partial charge in [-0.15, -0.1) is 0 Å². The lowest BCUT2D eigenvalue weighted by atomic mass is 10.1. The number of rotatable bonds is 4. The number of benzene rings is 2. The van der Waals surface area contributed by atoms with Crippen LogP contribution in [0.5, 0.6) is 0 Å². The van der Waals surface area contributed by atoms with Gasteiger partial charge in [0.2, 0.25) is 5.95 Å². The number of aromatic nitrogens is 5. The van der Waals surface area contributed by atoms with E-state index in [0.29, 0.717) is 17.3 Å². The van der Waals surface area contributed by atoms with E-state index < -0.39 is 5.50 Å². The molecule has 0 bridgehead atoms. The van der Waals surface area contributed by atoms with Gasteiger partial charge in [-0.1, -0.05) is 41.9 Å². The Hall–Kier alpha value is -4.17. The lowest BCUT2D eigenvalue weighted by Crippen LogP contribution is -2.25. The van der Waals surface area contributed by atoms with E-state index in [1.807, 2.05) is 75.6 Å². The molecule has 1 aliphatic heterocycles. The van der Waals surface area contributed by atoms with Gasteiger partial charge in [-0.25, -0.2) is 9.97 Å². The maximum absolute atomic E-state index is 13.2. The van der Waals surface area contributed by atoms with Gasteiger partial charge in [0.25, 0.3) is 5.91 Å². The molecule has 0 saturated carbocycles. The number of alkyl halides is 1. The summed E-state index contributed by atoms with van der Waals surface area (Å²) in [5.74, 6) is 1.03. The standard InChI is InChI=1S/C26H22ClN7O/c1-14-12-29-26(30-21-11-15(2)33(3)32-21)31-22(14)19-13-28-23-16(19)9-6-10-20(23)34-24(27)17-7-4-5-8-18(17)25(34)35/h4-13,24,28H,1-3H3,(H,29,30,31,32). The number of nitrogens with zero attached hydrogens (tertiary/aromatic N) is 5. The van der Waals surface area contributed by atoms with Crippen LogP contribution in [0.25, 0.3) is 22.2 Å². The van der Waals surface area contributed by atoms with E-state index in [-0.39, 0.29) is 5.91 Å². The van der Waals surface area contributed by atoms with Gasteiger partial charge in [0.1, 0.15) is 5.50 Å². The minimum absolute atomic E-state index is 0.111. The fraction of sp³-hybridized carbons (Fsp3) is 0.154. The van der Waals surface area contributed by atoms with Crippen LogP contribution in [0.1, 0.15) is 32.7 Å². The van der Waals surface area contributed by atoms with Crippen LogP contribution in [0.15, 0.2) is 60.9 Å². The zero-order valence-corrected chi connectivity index (χ0v) is 20.1. The lowest BCUT2D eigenvalue weighted by molar-refractivity contribution is 0.0996. The Balaban J connectivity index is 1.42. The number of fused-ring (bicyclic) bond motifs is 2. The van der Waals surface area contributed by atoms with E-state index >= 15 is 0 Å². The van der Waals surface area contributed by atoms with Crippen molar-refractivity contribution in [2.45, 2.75) is 19.3 Å². The topological polar surface area (TPSA) is 91.7 Å². The van der Waals surface area contributed by atoms with Crippen LogP contribution in [-0.2, 0) is 7.05 Å². The highest BCUT2D eigenvalue weighted by Crippen LogP contribution is 2.43. The van der Waals surface area contributed by atoms with Crippen molar-refractivity contribution in [1.29, 1.82) is 0 Å². The number of carbonyl (C=O) groups excluding carboxylic acids is 1. The second-order valence-electron chi connectivity index (χ2n) is 8.65. The van der Waals surface area contributed by atoms with E-state index in [1.54, 1.807) is 15.8 Å². The molecule has 4 heterocycles. The molecule has 0 aliphatic carbocycles. The van der Waals surface area contributed by atoms with E-state index in [4.69, 9.17) is 16.6 Å². The molecule has 35 heavy (non-hydrogen) atoms. The number of aromatic amines is 1. The van der Waals surface area contributed by atoms with Crippen molar-refractivity contribution in [2.75, 3.05) is 10.2 Å². The molecule has 9 heteroatoms. The van der Waals surface area contributed by atoms with Crippen molar-refractivity contribution >= 4 is 45.9 Å². The molecule has 0 radical (unpaired) electrons. The molecule has 1 aliphatic rings. The number of amides is 1. The number of nitrogens with one attached hydrogen (secondary N) is 2. The van der Waals surface area contributed by atoms with Crippen molar-refractivity contribution in [3.05, 3.63) is 83.3 Å². The first-order chi connectivity index (χ1) is 16.9. The number of halogens is 1. The summed E-state index contributed by atoms with van der Waals surface area (Å²) in [5, 5.41) is 8.55. The van der Waals surface area contributed by atoms with Crippen molar-refractivity contribution in [1.82, 2.24) is 24.7 Å². The molecule has 6 rings (SSSR count). The largest absolute Gasteiger partial charge is 0.359 e. The van der Waals surface area contributed by atoms with Gasteiger partial charge >= 0.3 is 0 Å². The fourth-order valence-electron chi connectivity index (χ4n) is 4.55. The monoisotopic (exact) mass is 483 g/mol. The normalized spacial score (nSPS) is 15.1. The summed E-state index contributed by atoms with van der Waals surface area (Å²) in [6, 6.07) is 15.3. The van der Waals surface area contributed by atoms with Crippen LogP contribution >= 0.6 is 11.6 Å². The molecule has 0 saturated heterocycles.